The van der Waals surface area contributed by atoms with Gasteiger partial charge >= 0.3 is 0 Å². The largest absolute Gasteiger partial charge is 0.349 e. The normalized spacial score (nSPS) is 13.0. The number of aromatic amines is 1. The van der Waals surface area contributed by atoms with Crippen molar-refractivity contribution >= 4 is 17.7 Å². The van der Waals surface area contributed by atoms with E-state index in [0.717, 1.165) is 17.8 Å². The summed E-state index contributed by atoms with van der Waals surface area (Å²) in [6.45, 7) is 12.7. The predicted molar refractivity (Wildman–Crippen MR) is 107 cm³/mol. The first kappa shape index (κ1) is 20.5. The molecule has 0 radical (unpaired) electrons. The number of thioether (sulfide) groups is 1. The van der Waals surface area contributed by atoms with E-state index in [2.05, 4.69) is 79.4 Å². The summed E-state index contributed by atoms with van der Waals surface area (Å²) in [4.78, 5) is 16.7. The molecule has 1 unspecified atom stereocenters. The zero-order chi connectivity index (χ0) is 19.3. The van der Waals surface area contributed by atoms with Gasteiger partial charge in [-0.15, -0.1) is 5.10 Å². The molecule has 2 aromatic rings. The molecule has 2 N–H and O–H groups in total. The summed E-state index contributed by atoms with van der Waals surface area (Å²) in [5, 5.41) is 10.8. The second-order valence-electron chi connectivity index (χ2n) is 8.13. The highest BCUT2D eigenvalue weighted by Crippen LogP contribution is 2.21. The standard InChI is InChI=1S/C20H30N4OS/c1-13(2)11-15-7-9-16(10-8-15)14(3)21-17(25)12-26-19-22-18(23-24-19)20(4,5)6/h7-10,13-14H,11-12H2,1-6H3,(H,21,25)(H,22,23,24). The van der Waals surface area contributed by atoms with Crippen molar-refractivity contribution < 1.29 is 4.79 Å². The lowest BCUT2D eigenvalue weighted by Crippen LogP contribution is -2.28. The smallest absolute Gasteiger partial charge is 0.230 e. The van der Waals surface area contributed by atoms with Crippen LogP contribution in [-0.4, -0.2) is 26.8 Å². The maximum absolute atomic E-state index is 12.2. The first-order chi connectivity index (χ1) is 12.1. The van der Waals surface area contributed by atoms with Crippen molar-refractivity contribution in [1.82, 2.24) is 20.5 Å². The number of benzene rings is 1. The molecule has 0 saturated heterocycles. The number of carbonyl (C=O) groups excluding carboxylic acids is 1. The molecule has 0 bridgehead atoms. The van der Waals surface area contributed by atoms with Gasteiger partial charge in [0.1, 0.15) is 5.82 Å². The molecule has 6 heteroatoms. The molecular formula is C20H30N4OS. The molecule has 2 rings (SSSR count). The van der Waals surface area contributed by atoms with Gasteiger partial charge in [0.15, 0.2) is 0 Å². The first-order valence-corrected chi connectivity index (χ1v) is 10.1. The number of nitrogens with zero attached hydrogens (tertiary/aromatic N) is 2. The van der Waals surface area contributed by atoms with Gasteiger partial charge < -0.3 is 5.32 Å². The highest BCUT2D eigenvalue weighted by Gasteiger charge is 2.19. The summed E-state index contributed by atoms with van der Waals surface area (Å²) in [7, 11) is 0. The molecule has 0 aliphatic rings. The van der Waals surface area contributed by atoms with Crippen LogP contribution in [0, 0.1) is 5.92 Å². The number of nitrogens with one attached hydrogen (secondary N) is 2. The van der Waals surface area contributed by atoms with Crippen LogP contribution in [-0.2, 0) is 16.6 Å². The van der Waals surface area contributed by atoms with Gasteiger partial charge in [-0.05, 0) is 30.4 Å². The molecule has 0 aliphatic heterocycles. The van der Waals surface area contributed by atoms with Gasteiger partial charge in [-0.2, -0.15) is 0 Å². The van der Waals surface area contributed by atoms with Crippen LogP contribution >= 0.6 is 11.8 Å². The molecule has 26 heavy (non-hydrogen) atoms. The van der Waals surface area contributed by atoms with E-state index < -0.39 is 0 Å². The predicted octanol–water partition coefficient (Wildman–Crippen LogP) is 4.27. The fraction of sp³-hybridized carbons (Fsp3) is 0.550. The van der Waals surface area contributed by atoms with Gasteiger partial charge in [0.2, 0.25) is 11.1 Å². The van der Waals surface area contributed by atoms with Gasteiger partial charge in [0.25, 0.3) is 0 Å². The summed E-state index contributed by atoms with van der Waals surface area (Å²) in [6, 6.07) is 8.47. The molecule has 1 amide bonds. The molecular weight excluding hydrogens is 344 g/mol. The molecule has 0 spiro atoms. The Kier molecular flexibility index (Phi) is 6.87. The van der Waals surface area contributed by atoms with Gasteiger partial charge in [0.05, 0.1) is 11.8 Å². The zero-order valence-electron chi connectivity index (χ0n) is 16.6. The van der Waals surface area contributed by atoms with Crippen LogP contribution in [0.1, 0.15) is 64.5 Å². The molecule has 1 aromatic carbocycles. The second-order valence-corrected chi connectivity index (χ2v) is 9.08. The van der Waals surface area contributed by atoms with Crippen LogP contribution in [0.2, 0.25) is 0 Å². The number of hydrogen-bond donors (Lipinski definition) is 2. The Labute approximate surface area is 160 Å². The third kappa shape index (κ3) is 6.16. The van der Waals surface area contributed by atoms with E-state index in [1.807, 2.05) is 6.92 Å². The van der Waals surface area contributed by atoms with Crippen molar-refractivity contribution in [2.45, 2.75) is 64.6 Å². The molecule has 5 nitrogen and oxygen atoms in total. The number of carbonyl (C=O) groups is 1. The monoisotopic (exact) mass is 374 g/mol. The Morgan fingerprint density at radius 2 is 1.85 bits per heavy atom. The van der Waals surface area contributed by atoms with Crippen LogP contribution < -0.4 is 5.32 Å². The van der Waals surface area contributed by atoms with Crippen LogP contribution in [0.25, 0.3) is 0 Å². The minimum atomic E-state index is -0.0791. The summed E-state index contributed by atoms with van der Waals surface area (Å²) in [5.41, 5.74) is 2.37. The SMILES string of the molecule is CC(C)Cc1ccc(C(C)NC(=O)CSc2n[nH]c(C(C)(C)C)n2)cc1. The van der Waals surface area contributed by atoms with E-state index in [1.165, 1.54) is 17.3 Å². The Bertz CT molecular complexity index is 716. The topological polar surface area (TPSA) is 70.7 Å². The molecule has 1 heterocycles. The van der Waals surface area contributed by atoms with Gasteiger partial charge in [0, 0.05) is 5.41 Å². The summed E-state index contributed by atoms with van der Waals surface area (Å²) in [5.74, 6) is 1.76. The Morgan fingerprint density at radius 1 is 1.19 bits per heavy atom. The summed E-state index contributed by atoms with van der Waals surface area (Å²) < 4.78 is 0. The van der Waals surface area contributed by atoms with Gasteiger partial charge in [-0.3, -0.25) is 9.89 Å². The van der Waals surface area contributed by atoms with Gasteiger partial charge in [-0.1, -0.05) is 70.6 Å². The van der Waals surface area contributed by atoms with Crippen LogP contribution in [0.5, 0.6) is 0 Å². The van der Waals surface area contributed by atoms with Crippen molar-refractivity contribution in [3.63, 3.8) is 0 Å². The lowest BCUT2D eigenvalue weighted by atomic mass is 9.96. The number of aromatic nitrogens is 3. The summed E-state index contributed by atoms with van der Waals surface area (Å²) in [6.07, 6.45) is 1.07. The van der Waals surface area contributed by atoms with Crippen LogP contribution in [0.3, 0.4) is 0 Å². The van der Waals surface area contributed by atoms with Crippen molar-refractivity contribution in [3.8, 4) is 0 Å². The van der Waals surface area contributed by atoms with Gasteiger partial charge in [-0.25, -0.2) is 4.98 Å². The minimum absolute atomic E-state index is 0.0177. The van der Waals surface area contributed by atoms with Crippen LogP contribution in [0.15, 0.2) is 29.4 Å². The highest BCUT2D eigenvalue weighted by atomic mass is 32.2. The van der Waals surface area contributed by atoms with E-state index in [1.54, 1.807) is 0 Å². The lowest BCUT2D eigenvalue weighted by molar-refractivity contribution is -0.119. The Hall–Kier alpha value is -1.82. The van der Waals surface area contributed by atoms with Crippen molar-refractivity contribution in [1.29, 1.82) is 0 Å². The number of amides is 1. The fourth-order valence-electron chi connectivity index (χ4n) is 2.56. The number of H-pyrrole nitrogens is 1. The Balaban J connectivity index is 1.84. The Morgan fingerprint density at radius 3 is 2.38 bits per heavy atom. The molecule has 142 valence electrons. The number of hydrogen-bond acceptors (Lipinski definition) is 4. The average Bonchev–Trinajstić information content (AvgIpc) is 3.02. The second kappa shape index (κ2) is 8.71. The van der Waals surface area contributed by atoms with E-state index in [9.17, 15) is 4.79 Å². The maximum Gasteiger partial charge on any atom is 0.230 e. The number of rotatable bonds is 7. The minimum Gasteiger partial charge on any atom is -0.349 e. The van der Waals surface area contributed by atoms with Crippen LogP contribution in [0.4, 0.5) is 0 Å². The average molecular weight is 375 g/mol. The van der Waals surface area contributed by atoms with Crippen molar-refractivity contribution in [2.24, 2.45) is 5.92 Å². The third-order valence-electron chi connectivity index (χ3n) is 4.01. The van der Waals surface area contributed by atoms with E-state index in [0.29, 0.717) is 16.8 Å². The fourth-order valence-corrected chi connectivity index (χ4v) is 3.17. The molecule has 0 aliphatic carbocycles. The molecule has 1 atom stereocenters. The zero-order valence-corrected chi connectivity index (χ0v) is 17.4. The van der Waals surface area contributed by atoms with E-state index >= 15 is 0 Å². The molecule has 0 fully saturated rings. The summed E-state index contributed by atoms with van der Waals surface area (Å²) >= 11 is 1.35. The maximum atomic E-state index is 12.2. The van der Waals surface area contributed by atoms with Crippen molar-refractivity contribution in [3.05, 3.63) is 41.2 Å². The highest BCUT2D eigenvalue weighted by molar-refractivity contribution is 7.99. The third-order valence-corrected chi connectivity index (χ3v) is 4.86. The molecule has 1 aromatic heterocycles. The quantitative estimate of drug-likeness (QED) is 0.710. The first-order valence-electron chi connectivity index (χ1n) is 9.09. The van der Waals surface area contributed by atoms with E-state index in [-0.39, 0.29) is 17.4 Å². The lowest BCUT2D eigenvalue weighted by Gasteiger charge is -2.15. The van der Waals surface area contributed by atoms with Crippen molar-refractivity contribution in [2.75, 3.05) is 5.75 Å². The molecule has 0 saturated carbocycles. The van der Waals surface area contributed by atoms with E-state index in [4.69, 9.17) is 0 Å².